The number of benzene rings is 2. The van der Waals surface area contributed by atoms with Crippen molar-refractivity contribution in [1.29, 1.82) is 0 Å². The highest BCUT2D eigenvalue weighted by atomic mass is 35.5. The second-order valence-electron chi connectivity index (χ2n) is 5.58. The molecule has 0 aliphatic carbocycles. The van der Waals surface area contributed by atoms with Crippen LogP contribution >= 0.6 is 11.6 Å². The summed E-state index contributed by atoms with van der Waals surface area (Å²) in [5.41, 5.74) is 1.69. The Labute approximate surface area is 158 Å². The van der Waals surface area contributed by atoms with Gasteiger partial charge in [-0.25, -0.2) is 0 Å². The van der Waals surface area contributed by atoms with E-state index in [1.807, 2.05) is 25.1 Å². The van der Waals surface area contributed by atoms with E-state index >= 15 is 0 Å². The summed E-state index contributed by atoms with van der Waals surface area (Å²) in [5.74, 6) is 1.34. The van der Waals surface area contributed by atoms with Crippen molar-refractivity contribution in [3.05, 3.63) is 58.6 Å². The van der Waals surface area contributed by atoms with Gasteiger partial charge in [0.15, 0.2) is 11.5 Å². The second kappa shape index (κ2) is 9.15. The summed E-state index contributed by atoms with van der Waals surface area (Å²) in [5, 5.41) is 3.54. The number of rotatable bonds is 7. The lowest BCUT2D eigenvalue weighted by atomic mass is 10.1. The summed E-state index contributed by atoms with van der Waals surface area (Å²) < 4.78 is 15.9. The van der Waals surface area contributed by atoms with Crippen molar-refractivity contribution in [3.63, 3.8) is 0 Å². The molecule has 0 radical (unpaired) electrons. The molecular weight excluding hydrogens is 354 g/mol. The summed E-state index contributed by atoms with van der Waals surface area (Å²) in [6, 6.07) is 10.8. The molecule has 2 aromatic carbocycles. The molecule has 0 aromatic heterocycles. The number of methoxy groups -OCH3 is 3. The van der Waals surface area contributed by atoms with Crippen LogP contribution < -0.4 is 19.5 Å². The summed E-state index contributed by atoms with van der Waals surface area (Å²) in [6.07, 6.45) is 3.15. The molecular formula is C20H22ClNO4. The standard InChI is InChI=1S/C20H22ClNO4/c1-13(15-6-5-7-16(21)12-15)22-19(23)9-8-14-10-17(24-2)20(26-4)18(11-14)25-3/h5-13H,1-4H3,(H,22,23)/b9-8+. The van der Waals surface area contributed by atoms with Crippen molar-refractivity contribution in [2.75, 3.05) is 21.3 Å². The van der Waals surface area contributed by atoms with Gasteiger partial charge in [-0.05, 0) is 48.4 Å². The predicted molar refractivity (Wildman–Crippen MR) is 103 cm³/mol. The van der Waals surface area contributed by atoms with Gasteiger partial charge in [-0.1, -0.05) is 23.7 Å². The van der Waals surface area contributed by atoms with Crippen molar-refractivity contribution in [2.45, 2.75) is 13.0 Å². The molecule has 0 aliphatic rings. The van der Waals surface area contributed by atoms with Crippen molar-refractivity contribution in [3.8, 4) is 17.2 Å². The van der Waals surface area contributed by atoms with Gasteiger partial charge >= 0.3 is 0 Å². The minimum absolute atomic E-state index is 0.161. The maximum Gasteiger partial charge on any atom is 0.244 e. The molecule has 1 N–H and O–H groups in total. The van der Waals surface area contributed by atoms with E-state index in [0.717, 1.165) is 11.1 Å². The van der Waals surface area contributed by atoms with Crippen LogP contribution in [-0.4, -0.2) is 27.2 Å². The molecule has 5 nitrogen and oxygen atoms in total. The number of carbonyl (C=O) groups excluding carboxylic acids is 1. The Balaban J connectivity index is 2.12. The first kappa shape index (κ1) is 19.7. The van der Waals surface area contributed by atoms with Gasteiger partial charge in [-0.3, -0.25) is 4.79 Å². The van der Waals surface area contributed by atoms with Crippen LogP contribution in [0.2, 0.25) is 5.02 Å². The summed E-state index contributed by atoms with van der Waals surface area (Å²) >= 11 is 5.99. The Hall–Kier alpha value is -2.66. The first-order chi connectivity index (χ1) is 12.5. The average Bonchev–Trinajstić information content (AvgIpc) is 2.65. The third kappa shape index (κ3) is 4.92. The molecule has 1 amide bonds. The normalized spacial score (nSPS) is 11.9. The van der Waals surface area contributed by atoms with Crippen molar-refractivity contribution < 1.29 is 19.0 Å². The van der Waals surface area contributed by atoms with Crippen LogP contribution in [0.25, 0.3) is 6.08 Å². The van der Waals surface area contributed by atoms with E-state index < -0.39 is 0 Å². The molecule has 0 aliphatic heterocycles. The molecule has 0 heterocycles. The summed E-state index contributed by atoms with van der Waals surface area (Å²) in [4.78, 5) is 12.2. The van der Waals surface area contributed by atoms with E-state index in [2.05, 4.69) is 5.32 Å². The number of carbonyl (C=O) groups is 1. The number of halogens is 1. The SMILES string of the molecule is COc1cc(/C=C/C(=O)NC(C)c2cccc(Cl)c2)cc(OC)c1OC. The minimum Gasteiger partial charge on any atom is -0.493 e. The Morgan fingerprint density at radius 3 is 2.27 bits per heavy atom. The Morgan fingerprint density at radius 2 is 1.73 bits per heavy atom. The molecule has 2 rings (SSSR count). The van der Waals surface area contributed by atoms with Gasteiger partial charge < -0.3 is 19.5 Å². The minimum atomic E-state index is -0.216. The van der Waals surface area contributed by atoms with Crippen LogP contribution in [0.5, 0.6) is 17.2 Å². The summed E-state index contributed by atoms with van der Waals surface area (Å²) in [7, 11) is 4.63. The largest absolute Gasteiger partial charge is 0.493 e. The molecule has 138 valence electrons. The van der Waals surface area contributed by atoms with Crippen molar-refractivity contribution in [2.24, 2.45) is 0 Å². The molecule has 0 fully saturated rings. The highest BCUT2D eigenvalue weighted by Gasteiger charge is 2.12. The van der Waals surface area contributed by atoms with E-state index in [0.29, 0.717) is 22.3 Å². The highest BCUT2D eigenvalue weighted by molar-refractivity contribution is 6.30. The quantitative estimate of drug-likeness (QED) is 0.735. The molecule has 0 saturated heterocycles. The fraction of sp³-hybridized carbons (Fsp3) is 0.250. The van der Waals surface area contributed by atoms with Gasteiger partial charge in [-0.2, -0.15) is 0 Å². The fourth-order valence-electron chi connectivity index (χ4n) is 2.49. The zero-order valence-corrected chi connectivity index (χ0v) is 16.0. The van der Waals surface area contributed by atoms with Crippen LogP contribution in [0.4, 0.5) is 0 Å². The van der Waals surface area contributed by atoms with E-state index in [1.54, 1.807) is 45.6 Å². The molecule has 0 saturated carbocycles. The highest BCUT2D eigenvalue weighted by Crippen LogP contribution is 2.38. The second-order valence-corrected chi connectivity index (χ2v) is 6.01. The topological polar surface area (TPSA) is 56.8 Å². The van der Waals surface area contributed by atoms with Crippen molar-refractivity contribution >= 4 is 23.6 Å². The van der Waals surface area contributed by atoms with Gasteiger partial charge in [-0.15, -0.1) is 0 Å². The summed E-state index contributed by atoms with van der Waals surface area (Å²) in [6.45, 7) is 1.90. The van der Waals surface area contributed by atoms with Crippen molar-refractivity contribution in [1.82, 2.24) is 5.32 Å². The van der Waals surface area contributed by atoms with Crippen LogP contribution in [0.3, 0.4) is 0 Å². The smallest absolute Gasteiger partial charge is 0.244 e. The maximum atomic E-state index is 12.2. The first-order valence-corrected chi connectivity index (χ1v) is 8.40. The lowest BCUT2D eigenvalue weighted by molar-refractivity contribution is -0.117. The molecule has 0 bridgehead atoms. The van der Waals surface area contributed by atoms with E-state index in [4.69, 9.17) is 25.8 Å². The van der Waals surface area contributed by atoms with E-state index in [9.17, 15) is 4.79 Å². The Kier molecular flexibility index (Phi) is 6.92. The predicted octanol–water partition coefficient (Wildman–Crippen LogP) is 4.26. The van der Waals surface area contributed by atoms with Crippen LogP contribution in [0.15, 0.2) is 42.5 Å². The zero-order chi connectivity index (χ0) is 19.1. The third-order valence-corrected chi connectivity index (χ3v) is 4.06. The van der Waals surface area contributed by atoms with Gasteiger partial charge in [0.1, 0.15) is 0 Å². The molecule has 1 atom stereocenters. The van der Waals surface area contributed by atoms with E-state index in [1.165, 1.54) is 6.08 Å². The molecule has 6 heteroatoms. The number of ether oxygens (including phenoxy) is 3. The number of hydrogen-bond donors (Lipinski definition) is 1. The molecule has 2 aromatic rings. The lowest BCUT2D eigenvalue weighted by Gasteiger charge is -2.14. The average molecular weight is 376 g/mol. The van der Waals surface area contributed by atoms with Crippen LogP contribution in [-0.2, 0) is 4.79 Å². The maximum absolute atomic E-state index is 12.2. The molecule has 26 heavy (non-hydrogen) atoms. The van der Waals surface area contributed by atoms with Gasteiger partial charge in [0.25, 0.3) is 0 Å². The fourth-order valence-corrected chi connectivity index (χ4v) is 2.69. The Bertz CT molecular complexity index is 779. The third-order valence-electron chi connectivity index (χ3n) is 3.82. The Morgan fingerprint density at radius 1 is 1.08 bits per heavy atom. The van der Waals surface area contributed by atoms with Crippen LogP contribution in [0, 0.1) is 0 Å². The van der Waals surface area contributed by atoms with Gasteiger partial charge in [0, 0.05) is 11.1 Å². The molecule has 1 unspecified atom stereocenters. The monoisotopic (exact) mass is 375 g/mol. The van der Waals surface area contributed by atoms with Gasteiger partial charge in [0.05, 0.1) is 27.4 Å². The number of amides is 1. The first-order valence-electron chi connectivity index (χ1n) is 8.02. The number of nitrogens with one attached hydrogen (secondary N) is 1. The molecule has 0 spiro atoms. The lowest BCUT2D eigenvalue weighted by Crippen LogP contribution is -2.24. The van der Waals surface area contributed by atoms with E-state index in [-0.39, 0.29) is 11.9 Å². The zero-order valence-electron chi connectivity index (χ0n) is 15.2. The van der Waals surface area contributed by atoms with Gasteiger partial charge in [0.2, 0.25) is 11.7 Å². The van der Waals surface area contributed by atoms with Crippen LogP contribution in [0.1, 0.15) is 24.1 Å². The number of hydrogen-bond acceptors (Lipinski definition) is 4.